The summed E-state index contributed by atoms with van der Waals surface area (Å²) in [6.07, 6.45) is 3.13. The summed E-state index contributed by atoms with van der Waals surface area (Å²) in [5.41, 5.74) is 0.124. The van der Waals surface area contributed by atoms with Crippen molar-refractivity contribution in [2.24, 2.45) is 11.3 Å². The van der Waals surface area contributed by atoms with Crippen LogP contribution in [0.2, 0.25) is 0 Å². The fraction of sp³-hybridized carbons (Fsp3) is 0.923. The quantitative estimate of drug-likeness (QED) is 0.740. The van der Waals surface area contributed by atoms with E-state index in [0.717, 1.165) is 26.1 Å². The molecule has 1 rings (SSSR count). The normalized spacial score (nSPS) is 18.1. The Morgan fingerprint density at radius 1 is 1.41 bits per heavy atom. The lowest BCUT2D eigenvalue weighted by Gasteiger charge is -2.37. The second-order valence-electron chi connectivity index (χ2n) is 5.48. The number of amides is 1. The van der Waals surface area contributed by atoms with Gasteiger partial charge >= 0.3 is 0 Å². The lowest BCUT2D eigenvalue weighted by molar-refractivity contribution is -0.122. The summed E-state index contributed by atoms with van der Waals surface area (Å²) < 4.78 is 5.36. The highest BCUT2D eigenvalue weighted by atomic mass is 16.5. The van der Waals surface area contributed by atoms with Gasteiger partial charge in [0.2, 0.25) is 5.91 Å². The van der Waals surface area contributed by atoms with Crippen molar-refractivity contribution >= 4 is 5.91 Å². The SMILES string of the molecule is CC(C)(CNC(=O)CCCO)C1CCOCC1. The van der Waals surface area contributed by atoms with Gasteiger partial charge in [-0.25, -0.2) is 0 Å². The van der Waals surface area contributed by atoms with E-state index in [9.17, 15) is 4.79 Å². The molecule has 0 saturated carbocycles. The molecule has 100 valence electrons. The van der Waals surface area contributed by atoms with Crippen LogP contribution in [0.15, 0.2) is 0 Å². The zero-order valence-electron chi connectivity index (χ0n) is 11.0. The van der Waals surface area contributed by atoms with Gasteiger partial charge < -0.3 is 15.2 Å². The van der Waals surface area contributed by atoms with E-state index < -0.39 is 0 Å². The van der Waals surface area contributed by atoms with E-state index in [4.69, 9.17) is 9.84 Å². The van der Waals surface area contributed by atoms with Crippen LogP contribution in [0.1, 0.15) is 39.5 Å². The Morgan fingerprint density at radius 2 is 2.06 bits per heavy atom. The molecule has 0 spiro atoms. The molecule has 17 heavy (non-hydrogen) atoms. The molecule has 1 amide bonds. The van der Waals surface area contributed by atoms with Gasteiger partial charge in [0.1, 0.15) is 0 Å². The summed E-state index contributed by atoms with van der Waals surface area (Å²) in [7, 11) is 0. The van der Waals surface area contributed by atoms with Gasteiger partial charge in [0.15, 0.2) is 0 Å². The molecule has 1 aliphatic heterocycles. The van der Waals surface area contributed by atoms with Crippen molar-refractivity contribution in [3.05, 3.63) is 0 Å². The fourth-order valence-electron chi connectivity index (χ4n) is 2.28. The van der Waals surface area contributed by atoms with E-state index in [0.29, 0.717) is 25.3 Å². The number of aliphatic hydroxyl groups is 1. The number of carbonyl (C=O) groups is 1. The summed E-state index contributed by atoms with van der Waals surface area (Å²) >= 11 is 0. The standard InChI is InChI=1S/C13H25NO3/c1-13(2,11-5-8-17-9-6-11)10-14-12(16)4-3-7-15/h11,15H,3-10H2,1-2H3,(H,14,16). The van der Waals surface area contributed by atoms with E-state index in [1.807, 2.05) is 0 Å². The van der Waals surface area contributed by atoms with Crippen LogP contribution in [-0.4, -0.2) is 37.4 Å². The topological polar surface area (TPSA) is 58.6 Å². The molecule has 0 aliphatic carbocycles. The van der Waals surface area contributed by atoms with Gasteiger partial charge in [-0.2, -0.15) is 0 Å². The predicted octanol–water partition coefficient (Wildman–Crippen LogP) is 1.33. The van der Waals surface area contributed by atoms with Gasteiger partial charge in [0, 0.05) is 32.8 Å². The first-order chi connectivity index (χ1) is 8.06. The lowest BCUT2D eigenvalue weighted by Crippen LogP contribution is -2.40. The monoisotopic (exact) mass is 243 g/mol. The maximum Gasteiger partial charge on any atom is 0.220 e. The molecule has 0 aromatic heterocycles. The molecule has 0 bridgehead atoms. The third-order valence-corrected chi connectivity index (χ3v) is 3.63. The van der Waals surface area contributed by atoms with Crippen molar-refractivity contribution in [2.75, 3.05) is 26.4 Å². The number of rotatable bonds is 6. The molecule has 1 fully saturated rings. The molecular formula is C13H25NO3. The number of ether oxygens (including phenoxy) is 1. The Balaban J connectivity index is 2.29. The smallest absolute Gasteiger partial charge is 0.220 e. The van der Waals surface area contributed by atoms with Gasteiger partial charge in [0.25, 0.3) is 0 Å². The highest BCUT2D eigenvalue weighted by Crippen LogP contribution is 2.33. The molecule has 2 N–H and O–H groups in total. The van der Waals surface area contributed by atoms with Gasteiger partial charge in [-0.3, -0.25) is 4.79 Å². The zero-order chi connectivity index (χ0) is 12.7. The van der Waals surface area contributed by atoms with Crippen molar-refractivity contribution in [3.8, 4) is 0 Å². The zero-order valence-corrected chi connectivity index (χ0v) is 11.0. The summed E-state index contributed by atoms with van der Waals surface area (Å²) in [5, 5.41) is 11.6. The van der Waals surface area contributed by atoms with Crippen LogP contribution < -0.4 is 5.32 Å². The van der Waals surface area contributed by atoms with Crippen LogP contribution in [0.4, 0.5) is 0 Å². The number of hydrogen-bond acceptors (Lipinski definition) is 3. The Kier molecular flexibility index (Phi) is 5.92. The number of carbonyl (C=O) groups excluding carboxylic acids is 1. The third-order valence-electron chi connectivity index (χ3n) is 3.63. The van der Waals surface area contributed by atoms with Gasteiger partial charge in [0.05, 0.1) is 0 Å². The summed E-state index contributed by atoms with van der Waals surface area (Å²) in [4.78, 5) is 11.5. The van der Waals surface area contributed by atoms with Crippen LogP contribution in [-0.2, 0) is 9.53 Å². The molecule has 4 heteroatoms. The van der Waals surface area contributed by atoms with Gasteiger partial charge in [-0.1, -0.05) is 13.8 Å². The van der Waals surface area contributed by atoms with Crippen molar-refractivity contribution in [1.29, 1.82) is 0 Å². The number of hydrogen-bond donors (Lipinski definition) is 2. The van der Waals surface area contributed by atoms with E-state index >= 15 is 0 Å². The first-order valence-corrected chi connectivity index (χ1v) is 6.51. The number of nitrogens with one attached hydrogen (secondary N) is 1. The highest BCUT2D eigenvalue weighted by Gasteiger charge is 2.31. The maximum absolute atomic E-state index is 11.5. The molecule has 0 radical (unpaired) electrons. The van der Waals surface area contributed by atoms with Crippen LogP contribution in [0.5, 0.6) is 0 Å². The molecule has 1 aliphatic rings. The number of aliphatic hydroxyl groups excluding tert-OH is 1. The van der Waals surface area contributed by atoms with Crippen LogP contribution in [0.25, 0.3) is 0 Å². The molecule has 0 atom stereocenters. The summed E-state index contributed by atoms with van der Waals surface area (Å²) in [6, 6.07) is 0. The van der Waals surface area contributed by atoms with Crippen LogP contribution in [0, 0.1) is 11.3 Å². The van der Waals surface area contributed by atoms with E-state index in [1.54, 1.807) is 0 Å². The molecule has 1 saturated heterocycles. The first-order valence-electron chi connectivity index (χ1n) is 6.51. The fourth-order valence-corrected chi connectivity index (χ4v) is 2.28. The highest BCUT2D eigenvalue weighted by molar-refractivity contribution is 5.75. The Labute approximate surface area is 104 Å². The Hall–Kier alpha value is -0.610. The van der Waals surface area contributed by atoms with Crippen LogP contribution in [0.3, 0.4) is 0 Å². The van der Waals surface area contributed by atoms with Crippen LogP contribution >= 0.6 is 0 Å². The second-order valence-corrected chi connectivity index (χ2v) is 5.48. The van der Waals surface area contributed by atoms with E-state index in [1.165, 1.54) is 0 Å². The van der Waals surface area contributed by atoms with Gasteiger partial charge in [-0.05, 0) is 30.6 Å². The Morgan fingerprint density at radius 3 is 2.65 bits per heavy atom. The van der Waals surface area contributed by atoms with Crippen molar-refractivity contribution in [1.82, 2.24) is 5.32 Å². The van der Waals surface area contributed by atoms with Crippen molar-refractivity contribution < 1.29 is 14.6 Å². The largest absolute Gasteiger partial charge is 0.396 e. The second kappa shape index (κ2) is 6.97. The van der Waals surface area contributed by atoms with Crippen molar-refractivity contribution in [2.45, 2.75) is 39.5 Å². The lowest BCUT2D eigenvalue weighted by atomic mass is 9.74. The third kappa shape index (κ3) is 5.04. The predicted molar refractivity (Wildman–Crippen MR) is 66.7 cm³/mol. The first kappa shape index (κ1) is 14.5. The minimum atomic E-state index is 0.0409. The molecule has 0 aromatic carbocycles. The minimum Gasteiger partial charge on any atom is -0.396 e. The maximum atomic E-state index is 11.5. The summed E-state index contributed by atoms with van der Waals surface area (Å²) in [6.45, 7) is 6.88. The molecular weight excluding hydrogens is 218 g/mol. The molecule has 0 unspecified atom stereocenters. The van der Waals surface area contributed by atoms with Crippen molar-refractivity contribution in [3.63, 3.8) is 0 Å². The average Bonchev–Trinajstić information content (AvgIpc) is 2.35. The van der Waals surface area contributed by atoms with E-state index in [-0.39, 0.29) is 17.9 Å². The molecule has 0 aromatic rings. The minimum absolute atomic E-state index is 0.0409. The van der Waals surface area contributed by atoms with E-state index in [2.05, 4.69) is 19.2 Å². The summed E-state index contributed by atoms with van der Waals surface area (Å²) in [5.74, 6) is 0.661. The van der Waals surface area contributed by atoms with Gasteiger partial charge in [-0.15, -0.1) is 0 Å². The molecule has 1 heterocycles. The molecule has 4 nitrogen and oxygen atoms in total. The Bertz CT molecular complexity index is 235. The average molecular weight is 243 g/mol.